The maximum atomic E-state index is 12.6. The fraction of sp³-hybridized carbons (Fsp3) is 0.611. The maximum absolute atomic E-state index is 12.6. The minimum absolute atomic E-state index is 0.155. The van der Waals surface area contributed by atoms with Gasteiger partial charge in [-0.25, -0.2) is 0 Å². The highest BCUT2D eigenvalue weighted by atomic mass is 35.5. The van der Waals surface area contributed by atoms with Crippen LogP contribution >= 0.6 is 11.6 Å². The number of carbonyl (C=O) groups excluding carboxylic acids is 1. The summed E-state index contributed by atoms with van der Waals surface area (Å²) in [6, 6.07) is 8.66. The van der Waals surface area contributed by atoms with E-state index in [9.17, 15) is 4.79 Å². The lowest BCUT2D eigenvalue weighted by atomic mass is 9.95. The summed E-state index contributed by atoms with van der Waals surface area (Å²) >= 11 is 5.93. The summed E-state index contributed by atoms with van der Waals surface area (Å²) in [6.45, 7) is 10.4. The van der Waals surface area contributed by atoms with E-state index in [-0.39, 0.29) is 11.3 Å². The zero-order chi connectivity index (χ0) is 16.3. The van der Waals surface area contributed by atoms with Crippen LogP contribution in [-0.2, 0) is 10.2 Å². The normalized spacial score (nSPS) is 16.4. The van der Waals surface area contributed by atoms with Crippen molar-refractivity contribution in [3.8, 4) is 0 Å². The summed E-state index contributed by atoms with van der Waals surface area (Å²) in [4.78, 5) is 15.0. The van der Waals surface area contributed by atoms with Gasteiger partial charge < -0.3 is 5.32 Å². The quantitative estimate of drug-likeness (QED) is 0.831. The van der Waals surface area contributed by atoms with Crippen LogP contribution in [0.1, 0.15) is 46.1 Å². The molecular formula is C18H27ClN2O. The van der Waals surface area contributed by atoms with E-state index in [2.05, 4.69) is 37.9 Å². The Balaban J connectivity index is 1.91. The molecule has 2 rings (SSSR count). The second kappa shape index (κ2) is 7.01. The van der Waals surface area contributed by atoms with Crippen molar-refractivity contribution in [2.75, 3.05) is 13.1 Å². The van der Waals surface area contributed by atoms with E-state index >= 15 is 0 Å². The first-order chi connectivity index (χ1) is 10.4. The molecule has 1 N–H and O–H groups in total. The van der Waals surface area contributed by atoms with Crippen LogP contribution in [0.25, 0.3) is 0 Å². The number of halogens is 1. The van der Waals surface area contributed by atoms with Gasteiger partial charge in [0.2, 0.25) is 5.91 Å². The average Bonchev–Trinajstić information content (AvgIpc) is 3.25. The van der Waals surface area contributed by atoms with Crippen LogP contribution in [0, 0.1) is 0 Å². The SMILES string of the molecule is CC(C)N(CCNC(=O)C1(c2ccc(Cl)cc2)CC1)C(C)C. The maximum Gasteiger partial charge on any atom is 0.230 e. The molecule has 1 fully saturated rings. The zero-order valence-electron chi connectivity index (χ0n) is 14.0. The van der Waals surface area contributed by atoms with Gasteiger partial charge in [0.1, 0.15) is 0 Å². The Morgan fingerprint density at radius 1 is 1.18 bits per heavy atom. The number of hydrogen-bond donors (Lipinski definition) is 1. The van der Waals surface area contributed by atoms with Crippen molar-refractivity contribution in [3.05, 3.63) is 34.9 Å². The third-order valence-corrected chi connectivity index (χ3v) is 4.82. The van der Waals surface area contributed by atoms with Crippen molar-refractivity contribution in [2.45, 2.75) is 58.0 Å². The van der Waals surface area contributed by atoms with Crippen molar-refractivity contribution in [3.63, 3.8) is 0 Å². The molecule has 22 heavy (non-hydrogen) atoms. The van der Waals surface area contributed by atoms with Gasteiger partial charge in [-0.2, -0.15) is 0 Å². The van der Waals surface area contributed by atoms with E-state index in [4.69, 9.17) is 11.6 Å². The van der Waals surface area contributed by atoms with Gasteiger partial charge in [-0.1, -0.05) is 23.7 Å². The number of hydrogen-bond acceptors (Lipinski definition) is 2. The smallest absolute Gasteiger partial charge is 0.230 e. The molecule has 0 unspecified atom stereocenters. The molecule has 0 saturated heterocycles. The lowest BCUT2D eigenvalue weighted by Crippen LogP contribution is -2.44. The number of nitrogens with one attached hydrogen (secondary N) is 1. The molecule has 1 aromatic carbocycles. The van der Waals surface area contributed by atoms with Gasteiger partial charge in [0.05, 0.1) is 5.41 Å². The third kappa shape index (κ3) is 3.82. The minimum Gasteiger partial charge on any atom is -0.354 e. The molecule has 0 atom stereocenters. The number of rotatable bonds is 7. The topological polar surface area (TPSA) is 32.3 Å². The fourth-order valence-corrected chi connectivity index (χ4v) is 3.25. The van der Waals surface area contributed by atoms with Crippen LogP contribution in [0.2, 0.25) is 5.02 Å². The van der Waals surface area contributed by atoms with Crippen molar-refractivity contribution in [2.24, 2.45) is 0 Å². The first-order valence-electron chi connectivity index (χ1n) is 8.17. The molecular weight excluding hydrogens is 296 g/mol. The standard InChI is InChI=1S/C18H27ClN2O/c1-13(2)21(14(3)4)12-11-20-17(22)18(9-10-18)15-5-7-16(19)8-6-15/h5-8,13-14H,9-12H2,1-4H3,(H,20,22). The van der Waals surface area contributed by atoms with Crippen molar-refractivity contribution in [1.29, 1.82) is 0 Å². The summed E-state index contributed by atoms with van der Waals surface area (Å²) < 4.78 is 0. The predicted octanol–water partition coefficient (Wildman–Crippen LogP) is 3.61. The zero-order valence-corrected chi connectivity index (χ0v) is 14.8. The van der Waals surface area contributed by atoms with Gasteiger partial charge >= 0.3 is 0 Å². The van der Waals surface area contributed by atoms with Crippen LogP contribution in [-0.4, -0.2) is 36.0 Å². The van der Waals surface area contributed by atoms with Gasteiger partial charge in [0, 0.05) is 30.2 Å². The average molecular weight is 323 g/mol. The number of nitrogens with zero attached hydrogens (tertiary/aromatic N) is 1. The van der Waals surface area contributed by atoms with Crippen molar-refractivity contribution in [1.82, 2.24) is 10.2 Å². The first kappa shape index (κ1) is 17.3. The van der Waals surface area contributed by atoms with Gasteiger partial charge in [-0.3, -0.25) is 9.69 Å². The first-order valence-corrected chi connectivity index (χ1v) is 8.55. The Bertz CT molecular complexity index is 498. The van der Waals surface area contributed by atoms with E-state index in [1.54, 1.807) is 0 Å². The highest BCUT2D eigenvalue weighted by Crippen LogP contribution is 2.48. The molecule has 1 saturated carbocycles. The fourth-order valence-electron chi connectivity index (χ4n) is 3.12. The van der Waals surface area contributed by atoms with E-state index in [0.29, 0.717) is 23.7 Å². The molecule has 4 heteroatoms. The molecule has 1 aliphatic carbocycles. The largest absolute Gasteiger partial charge is 0.354 e. The van der Waals surface area contributed by atoms with Gasteiger partial charge in [0.15, 0.2) is 0 Å². The lowest BCUT2D eigenvalue weighted by Gasteiger charge is -2.30. The molecule has 3 nitrogen and oxygen atoms in total. The van der Waals surface area contributed by atoms with E-state index < -0.39 is 0 Å². The van der Waals surface area contributed by atoms with Gasteiger partial charge in [-0.05, 0) is 58.2 Å². The van der Waals surface area contributed by atoms with Crippen LogP contribution in [0.4, 0.5) is 0 Å². The van der Waals surface area contributed by atoms with Crippen molar-refractivity contribution >= 4 is 17.5 Å². The molecule has 122 valence electrons. The number of carbonyl (C=O) groups is 1. The van der Waals surface area contributed by atoms with E-state index in [0.717, 1.165) is 24.9 Å². The van der Waals surface area contributed by atoms with E-state index in [1.807, 2.05) is 24.3 Å². The summed E-state index contributed by atoms with van der Waals surface area (Å²) in [7, 11) is 0. The Morgan fingerprint density at radius 3 is 2.18 bits per heavy atom. The van der Waals surface area contributed by atoms with Crippen molar-refractivity contribution < 1.29 is 4.79 Å². The molecule has 1 aliphatic rings. The van der Waals surface area contributed by atoms with Crippen LogP contribution in [0.3, 0.4) is 0 Å². The van der Waals surface area contributed by atoms with E-state index in [1.165, 1.54) is 0 Å². The minimum atomic E-state index is -0.314. The van der Waals surface area contributed by atoms with Gasteiger partial charge in [0.25, 0.3) is 0 Å². The summed E-state index contributed by atoms with van der Waals surface area (Å²) in [5.74, 6) is 0.155. The molecule has 0 aliphatic heterocycles. The Labute approximate surface area is 139 Å². The Hall–Kier alpha value is -1.06. The molecule has 1 aromatic rings. The lowest BCUT2D eigenvalue weighted by molar-refractivity contribution is -0.123. The monoisotopic (exact) mass is 322 g/mol. The Morgan fingerprint density at radius 2 is 1.73 bits per heavy atom. The predicted molar refractivity (Wildman–Crippen MR) is 92.4 cm³/mol. The number of amides is 1. The van der Waals surface area contributed by atoms with Crippen LogP contribution in [0.5, 0.6) is 0 Å². The summed E-state index contributed by atoms with van der Waals surface area (Å²) in [5.41, 5.74) is 0.768. The molecule has 1 amide bonds. The number of benzene rings is 1. The summed E-state index contributed by atoms with van der Waals surface area (Å²) in [6.07, 6.45) is 1.86. The third-order valence-electron chi connectivity index (χ3n) is 4.56. The summed E-state index contributed by atoms with van der Waals surface area (Å²) in [5, 5.41) is 3.84. The second-order valence-electron chi connectivity index (χ2n) is 6.77. The molecule has 0 aromatic heterocycles. The highest BCUT2D eigenvalue weighted by Gasteiger charge is 2.50. The molecule has 0 bridgehead atoms. The molecule has 0 spiro atoms. The molecule has 0 radical (unpaired) electrons. The van der Waals surface area contributed by atoms with Gasteiger partial charge in [-0.15, -0.1) is 0 Å². The second-order valence-corrected chi connectivity index (χ2v) is 7.21. The Kier molecular flexibility index (Phi) is 5.51. The molecule has 0 heterocycles. The van der Waals surface area contributed by atoms with Crippen LogP contribution in [0.15, 0.2) is 24.3 Å². The highest BCUT2D eigenvalue weighted by molar-refractivity contribution is 6.30. The van der Waals surface area contributed by atoms with Crippen LogP contribution < -0.4 is 5.32 Å².